The van der Waals surface area contributed by atoms with Gasteiger partial charge in [-0.05, 0) is 23.3 Å². The van der Waals surface area contributed by atoms with E-state index in [-0.39, 0.29) is 11.9 Å². The molecule has 1 unspecified atom stereocenters. The number of halogens is 1. The Bertz CT molecular complexity index is 534. The van der Waals surface area contributed by atoms with Crippen molar-refractivity contribution in [2.75, 3.05) is 7.11 Å². The molecule has 19 heavy (non-hydrogen) atoms. The molecule has 0 aliphatic heterocycles. The average Bonchev–Trinajstić information content (AvgIpc) is 2.46. The Morgan fingerprint density at radius 2 is 1.63 bits per heavy atom. The summed E-state index contributed by atoms with van der Waals surface area (Å²) in [6.45, 7) is 0. The van der Waals surface area contributed by atoms with E-state index in [2.05, 4.69) is 0 Å². The quantitative estimate of drug-likeness (QED) is 0.787. The fourth-order valence-electron chi connectivity index (χ4n) is 2.06. The highest BCUT2D eigenvalue weighted by Crippen LogP contribution is 2.29. The minimum Gasteiger partial charge on any atom is -0.469 e. The van der Waals surface area contributed by atoms with E-state index in [1.54, 1.807) is 0 Å². The third kappa shape index (κ3) is 3.58. The zero-order chi connectivity index (χ0) is 13.7. The Morgan fingerprint density at radius 1 is 1.05 bits per heavy atom. The van der Waals surface area contributed by atoms with Gasteiger partial charge in [-0.3, -0.25) is 4.79 Å². The SMILES string of the molecule is COC(=O)CC(c1ccccc1)c1ccc(Cl)cc1. The van der Waals surface area contributed by atoms with Crippen molar-refractivity contribution >= 4 is 17.6 Å². The molecule has 2 aromatic rings. The molecule has 2 nitrogen and oxygen atoms in total. The molecule has 2 aromatic carbocycles. The first kappa shape index (κ1) is 13.6. The maximum atomic E-state index is 11.6. The van der Waals surface area contributed by atoms with Crippen LogP contribution >= 0.6 is 11.6 Å². The van der Waals surface area contributed by atoms with E-state index < -0.39 is 0 Å². The fourth-order valence-corrected chi connectivity index (χ4v) is 2.18. The van der Waals surface area contributed by atoms with Crippen LogP contribution in [0.2, 0.25) is 5.02 Å². The molecular weight excluding hydrogens is 260 g/mol. The van der Waals surface area contributed by atoms with Crippen LogP contribution in [0.3, 0.4) is 0 Å². The van der Waals surface area contributed by atoms with E-state index in [9.17, 15) is 4.79 Å². The van der Waals surface area contributed by atoms with Gasteiger partial charge in [0.15, 0.2) is 0 Å². The van der Waals surface area contributed by atoms with Gasteiger partial charge in [-0.2, -0.15) is 0 Å². The van der Waals surface area contributed by atoms with E-state index in [1.165, 1.54) is 7.11 Å². The normalized spacial score (nSPS) is 11.9. The molecule has 0 aromatic heterocycles. The summed E-state index contributed by atoms with van der Waals surface area (Å²) in [7, 11) is 1.41. The molecule has 0 bridgehead atoms. The van der Waals surface area contributed by atoms with Crippen LogP contribution in [0.4, 0.5) is 0 Å². The number of hydrogen-bond donors (Lipinski definition) is 0. The van der Waals surface area contributed by atoms with Crippen molar-refractivity contribution in [3.8, 4) is 0 Å². The molecule has 1 atom stereocenters. The van der Waals surface area contributed by atoms with Crippen LogP contribution in [0.5, 0.6) is 0 Å². The first-order valence-corrected chi connectivity index (χ1v) is 6.45. The molecule has 0 fully saturated rings. The minimum absolute atomic E-state index is 0.00841. The van der Waals surface area contributed by atoms with Gasteiger partial charge >= 0.3 is 5.97 Å². The molecule has 0 saturated heterocycles. The van der Waals surface area contributed by atoms with Crippen molar-refractivity contribution in [2.45, 2.75) is 12.3 Å². The molecule has 0 heterocycles. The summed E-state index contributed by atoms with van der Waals surface area (Å²) in [4.78, 5) is 11.6. The van der Waals surface area contributed by atoms with Crippen LogP contribution in [0.1, 0.15) is 23.5 Å². The van der Waals surface area contributed by atoms with Gasteiger partial charge in [-0.1, -0.05) is 54.1 Å². The number of benzene rings is 2. The maximum Gasteiger partial charge on any atom is 0.306 e. The first-order valence-electron chi connectivity index (χ1n) is 6.08. The lowest BCUT2D eigenvalue weighted by atomic mass is 9.89. The Balaban J connectivity index is 2.34. The lowest BCUT2D eigenvalue weighted by molar-refractivity contribution is -0.140. The van der Waals surface area contributed by atoms with E-state index in [0.29, 0.717) is 11.4 Å². The molecule has 0 N–H and O–H groups in total. The van der Waals surface area contributed by atoms with Crippen LogP contribution in [-0.4, -0.2) is 13.1 Å². The van der Waals surface area contributed by atoms with Gasteiger partial charge in [0.25, 0.3) is 0 Å². The summed E-state index contributed by atoms with van der Waals surface area (Å²) in [5.41, 5.74) is 2.15. The topological polar surface area (TPSA) is 26.3 Å². The summed E-state index contributed by atoms with van der Waals surface area (Å²) in [5.74, 6) is -0.227. The number of methoxy groups -OCH3 is 1. The van der Waals surface area contributed by atoms with Crippen molar-refractivity contribution in [1.29, 1.82) is 0 Å². The standard InChI is InChI=1S/C16H15ClO2/c1-19-16(18)11-15(12-5-3-2-4-6-12)13-7-9-14(17)10-8-13/h2-10,15H,11H2,1H3. The van der Waals surface area contributed by atoms with E-state index >= 15 is 0 Å². The molecule has 3 heteroatoms. The molecule has 2 rings (SSSR count). The Morgan fingerprint density at radius 3 is 2.21 bits per heavy atom. The molecule has 0 spiro atoms. The monoisotopic (exact) mass is 274 g/mol. The van der Waals surface area contributed by atoms with Gasteiger partial charge in [0.1, 0.15) is 0 Å². The third-order valence-electron chi connectivity index (χ3n) is 3.07. The number of rotatable bonds is 4. The van der Waals surface area contributed by atoms with Crippen molar-refractivity contribution in [1.82, 2.24) is 0 Å². The fraction of sp³-hybridized carbons (Fsp3) is 0.188. The Labute approximate surface area is 118 Å². The average molecular weight is 275 g/mol. The molecule has 0 amide bonds. The van der Waals surface area contributed by atoms with E-state index in [1.807, 2.05) is 54.6 Å². The predicted molar refractivity (Wildman–Crippen MR) is 76.4 cm³/mol. The Kier molecular flexibility index (Phi) is 4.58. The summed E-state index contributed by atoms with van der Waals surface area (Å²) in [5, 5.41) is 0.689. The summed E-state index contributed by atoms with van der Waals surface area (Å²) < 4.78 is 4.78. The first-order chi connectivity index (χ1) is 9.20. The smallest absolute Gasteiger partial charge is 0.306 e. The second kappa shape index (κ2) is 6.39. The second-order valence-corrected chi connectivity index (χ2v) is 4.73. The van der Waals surface area contributed by atoms with Crippen LogP contribution in [-0.2, 0) is 9.53 Å². The number of esters is 1. The largest absolute Gasteiger partial charge is 0.469 e. The highest BCUT2D eigenvalue weighted by atomic mass is 35.5. The van der Waals surface area contributed by atoms with Gasteiger partial charge in [0.2, 0.25) is 0 Å². The van der Waals surface area contributed by atoms with Crippen molar-refractivity contribution in [2.24, 2.45) is 0 Å². The molecular formula is C16H15ClO2. The second-order valence-electron chi connectivity index (χ2n) is 4.30. The van der Waals surface area contributed by atoms with Crippen LogP contribution < -0.4 is 0 Å². The number of hydrogen-bond acceptors (Lipinski definition) is 2. The van der Waals surface area contributed by atoms with Gasteiger partial charge < -0.3 is 4.74 Å². The van der Waals surface area contributed by atoms with Crippen LogP contribution in [0.25, 0.3) is 0 Å². The molecule has 0 radical (unpaired) electrons. The van der Waals surface area contributed by atoms with Crippen molar-refractivity contribution in [3.05, 3.63) is 70.7 Å². The van der Waals surface area contributed by atoms with E-state index in [4.69, 9.17) is 16.3 Å². The highest BCUT2D eigenvalue weighted by Gasteiger charge is 2.18. The number of ether oxygens (including phenoxy) is 1. The maximum absolute atomic E-state index is 11.6. The Hall–Kier alpha value is -1.80. The van der Waals surface area contributed by atoms with Gasteiger partial charge in [0, 0.05) is 10.9 Å². The lowest BCUT2D eigenvalue weighted by Crippen LogP contribution is -2.10. The third-order valence-corrected chi connectivity index (χ3v) is 3.32. The molecule has 0 aliphatic carbocycles. The van der Waals surface area contributed by atoms with Gasteiger partial charge in [-0.25, -0.2) is 0 Å². The summed E-state index contributed by atoms with van der Waals surface area (Å²) >= 11 is 5.90. The molecule has 0 aliphatic rings. The van der Waals surface area contributed by atoms with Crippen LogP contribution in [0, 0.1) is 0 Å². The predicted octanol–water partition coefficient (Wildman–Crippen LogP) is 4.04. The van der Waals surface area contributed by atoms with E-state index in [0.717, 1.165) is 11.1 Å². The van der Waals surface area contributed by atoms with Crippen LogP contribution in [0.15, 0.2) is 54.6 Å². The summed E-state index contributed by atoms with van der Waals surface area (Å²) in [6, 6.07) is 17.5. The van der Waals surface area contributed by atoms with Gasteiger partial charge in [0.05, 0.1) is 13.5 Å². The van der Waals surface area contributed by atoms with Crippen molar-refractivity contribution < 1.29 is 9.53 Å². The highest BCUT2D eigenvalue weighted by molar-refractivity contribution is 6.30. The molecule has 98 valence electrons. The summed E-state index contributed by atoms with van der Waals surface area (Å²) in [6.07, 6.45) is 0.322. The number of carbonyl (C=O) groups is 1. The minimum atomic E-state index is -0.219. The zero-order valence-corrected chi connectivity index (χ0v) is 11.4. The zero-order valence-electron chi connectivity index (χ0n) is 10.7. The number of carbonyl (C=O) groups excluding carboxylic acids is 1. The van der Waals surface area contributed by atoms with Crippen molar-refractivity contribution in [3.63, 3.8) is 0 Å². The molecule has 0 saturated carbocycles. The lowest BCUT2D eigenvalue weighted by Gasteiger charge is -2.17. The van der Waals surface area contributed by atoms with Gasteiger partial charge in [-0.15, -0.1) is 0 Å².